The molecule has 3 aromatic carbocycles. The number of ether oxygens (including phenoxy) is 2. The minimum Gasteiger partial charge on any atom is -0.497 e. The number of halogens is 1. The first-order valence-electron chi connectivity index (χ1n) is 16.1. The number of hydrogen-bond acceptors (Lipinski definition) is 4. The van der Waals surface area contributed by atoms with Crippen LogP contribution in [-0.4, -0.2) is 31.8 Å². The zero-order chi connectivity index (χ0) is 30.2. The molecule has 5 aliphatic carbocycles. The Labute approximate surface area is 259 Å². The lowest BCUT2D eigenvalue weighted by Gasteiger charge is -2.66. The van der Waals surface area contributed by atoms with Crippen molar-refractivity contribution in [2.45, 2.75) is 80.9 Å². The summed E-state index contributed by atoms with van der Waals surface area (Å²) in [5.74, 6) is 0.901. The Balaban J connectivity index is 1.03. The summed E-state index contributed by atoms with van der Waals surface area (Å²) in [6, 6.07) is 27.3. The fraction of sp³-hybridized carbons (Fsp3) is 0.474. The zero-order valence-corrected chi connectivity index (χ0v) is 25.4. The van der Waals surface area contributed by atoms with E-state index in [2.05, 4.69) is 42.5 Å². The number of carbonyl (C=O) groups excluding carboxylic acids is 1. The molecule has 5 nitrogen and oxygen atoms in total. The van der Waals surface area contributed by atoms with E-state index < -0.39 is 5.67 Å². The highest BCUT2D eigenvalue weighted by Crippen LogP contribution is 2.71. The molecule has 6 heteroatoms. The summed E-state index contributed by atoms with van der Waals surface area (Å²) in [6.45, 7) is 1.21. The van der Waals surface area contributed by atoms with Gasteiger partial charge in [0.05, 0.1) is 30.8 Å². The van der Waals surface area contributed by atoms with Gasteiger partial charge in [-0.2, -0.15) is 5.26 Å². The molecule has 226 valence electrons. The molecule has 0 N–H and O–H groups in total. The van der Waals surface area contributed by atoms with Crippen LogP contribution >= 0.6 is 0 Å². The van der Waals surface area contributed by atoms with E-state index in [-0.39, 0.29) is 27.8 Å². The Hall–Kier alpha value is -3.69. The van der Waals surface area contributed by atoms with Crippen LogP contribution in [0.15, 0.2) is 72.8 Å². The molecule has 0 unspecified atom stereocenters. The quantitative estimate of drug-likeness (QED) is 0.253. The first-order chi connectivity index (χ1) is 21.2. The van der Waals surface area contributed by atoms with Gasteiger partial charge in [0.2, 0.25) is 5.91 Å². The van der Waals surface area contributed by atoms with Crippen LogP contribution < -0.4 is 9.64 Å². The third kappa shape index (κ3) is 4.46. The smallest absolute Gasteiger partial charge is 0.227 e. The summed E-state index contributed by atoms with van der Waals surface area (Å²) >= 11 is 0. The van der Waals surface area contributed by atoms with Gasteiger partial charge in [-0.25, -0.2) is 4.39 Å². The van der Waals surface area contributed by atoms with Crippen molar-refractivity contribution in [2.24, 2.45) is 10.8 Å². The fourth-order valence-corrected chi connectivity index (χ4v) is 8.78. The lowest BCUT2D eigenvalue weighted by Crippen LogP contribution is -2.65. The summed E-state index contributed by atoms with van der Waals surface area (Å²) in [7, 11) is 1.66. The summed E-state index contributed by atoms with van der Waals surface area (Å²) in [5, 5.41) is 9.61. The van der Waals surface area contributed by atoms with Gasteiger partial charge in [-0.15, -0.1) is 0 Å². The number of anilines is 1. The maximum atomic E-state index is 14.4. The number of nitriles is 1. The summed E-state index contributed by atoms with van der Waals surface area (Å²) in [6.07, 6.45) is 7.67. The normalized spacial score (nSPS) is 32.1. The third-order valence-electron chi connectivity index (χ3n) is 11.7. The number of carbonyl (C=O) groups is 1. The molecular formula is C38H39FN2O3. The summed E-state index contributed by atoms with van der Waals surface area (Å²) in [4.78, 5) is 16.1. The Morgan fingerprint density at radius 3 is 2.14 bits per heavy atom. The molecule has 2 aliphatic heterocycles. The number of fused-ring (bicyclic) bond motifs is 3. The van der Waals surface area contributed by atoms with Gasteiger partial charge in [0.15, 0.2) is 0 Å². The molecular weight excluding hydrogens is 551 g/mol. The molecule has 1 amide bonds. The second-order valence-corrected chi connectivity index (χ2v) is 14.7. The maximum Gasteiger partial charge on any atom is 0.227 e. The van der Waals surface area contributed by atoms with Gasteiger partial charge in [0, 0.05) is 24.1 Å². The molecule has 0 radical (unpaired) electrons. The first-order valence-corrected chi connectivity index (χ1v) is 16.1. The average Bonchev–Trinajstić information content (AvgIpc) is 3.85. The van der Waals surface area contributed by atoms with E-state index in [9.17, 15) is 14.4 Å². The van der Waals surface area contributed by atoms with Crippen molar-refractivity contribution < 1.29 is 18.7 Å². The Morgan fingerprint density at radius 2 is 1.57 bits per heavy atom. The number of alkyl halides is 1. The van der Waals surface area contributed by atoms with E-state index in [4.69, 9.17) is 9.47 Å². The number of nitrogens with zero attached hydrogens (tertiary/aromatic N) is 2. The van der Waals surface area contributed by atoms with E-state index in [1.54, 1.807) is 7.11 Å². The zero-order valence-electron chi connectivity index (χ0n) is 25.4. The topological polar surface area (TPSA) is 62.6 Å². The molecule has 7 fully saturated rings. The van der Waals surface area contributed by atoms with Crippen LogP contribution in [0, 0.1) is 22.2 Å². The molecule has 0 atom stereocenters. The SMILES string of the molecule is COc1ccc(-c2cccc(N(CC34CCC(c5ccc(C6(C#N)CC6)cc5)(CC3)OC4)C(=O)CC34CC(F)(C3)C4)c2)cc1. The minimum atomic E-state index is -1.02. The average molecular weight is 591 g/mol. The van der Waals surface area contributed by atoms with Crippen LogP contribution in [0.2, 0.25) is 0 Å². The van der Waals surface area contributed by atoms with Gasteiger partial charge in [-0.05, 0) is 110 Å². The van der Waals surface area contributed by atoms with Gasteiger partial charge in [0.25, 0.3) is 0 Å². The number of rotatable bonds is 9. The number of amides is 1. The van der Waals surface area contributed by atoms with Gasteiger partial charge < -0.3 is 14.4 Å². The van der Waals surface area contributed by atoms with Gasteiger partial charge >= 0.3 is 0 Å². The second-order valence-electron chi connectivity index (χ2n) is 14.7. The molecule has 5 saturated carbocycles. The van der Waals surface area contributed by atoms with E-state index in [1.807, 2.05) is 41.3 Å². The fourth-order valence-electron chi connectivity index (χ4n) is 8.78. The van der Waals surface area contributed by atoms with Gasteiger partial charge in [-0.1, -0.05) is 48.5 Å². The maximum absolute atomic E-state index is 14.4. The lowest BCUT2D eigenvalue weighted by molar-refractivity contribution is -0.215. The van der Waals surface area contributed by atoms with Crippen LogP contribution in [0.5, 0.6) is 5.75 Å². The molecule has 0 spiro atoms. The Bertz CT molecular complexity index is 1610. The Kier molecular flexibility index (Phi) is 6.11. The minimum absolute atomic E-state index is 0.0949. The van der Waals surface area contributed by atoms with E-state index in [0.717, 1.165) is 66.7 Å². The van der Waals surface area contributed by atoms with E-state index in [1.165, 1.54) is 5.56 Å². The molecule has 44 heavy (non-hydrogen) atoms. The molecule has 2 heterocycles. The van der Waals surface area contributed by atoms with Crippen molar-refractivity contribution in [3.8, 4) is 22.9 Å². The molecule has 2 saturated heterocycles. The molecule has 0 aromatic heterocycles. The van der Waals surface area contributed by atoms with Crippen LogP contribution in [0.4, 0.5) is 10.1 Å². The second kappa shape index (κ2) is 9.65. The highest BCUT2D eigenvalue weighted by molar-refractivity contribution is 5.95. The van der Waals surface area contributed by atoms with Crippen LogP contribution in [0.3, 0.4) is 0 Å². The number of methoxy groups -OCH3 is 1. The molecule has 7 aliphatic rings. The molecule has 4 bridgehead atoms. The standard InChI is InChI=1S/C38H39FN2O3/c1-43-32-11-5-27(6-12-32)28-3-2-4-31(19-28)41(33(42)20-35-21-37(39,22-35)23-35)25-34-13-17-38(18-14-34,44-26-34)30-9-7-29(8-10-30)36(24-40)15-16-36/h2-12,19H,13-18,20-23,25-26H2,1H3. The Morgan fingerprint density at radius 1 is 0.886 bits per heavy atom. The lowest BCUT2D eigenvalue weighted by atomic mass is 9.41. The van der Waals surface area contributed by atoms with Crippen molar-refractivity contribution in [3.05, 3.63) is 83.9 Å². The molecule has 10 rings (SSSR count). The number of benzene rings is 3. The van der Waals surface area contributed by atoms with E-state index >= 15 is 0 Å². The van der Waals surface area contributed by atoms with Crippen LogP contribution in [-0.2, 0) is 20.5 Å². The van der Waals surface area contributed by atoms with Crippen molar-refractivity contribution in [2.75, 3.05) is 25.2 Å². The first kappa shape index (κ1) is 27.8. The van der Waals surface area contributed by atoms with Crippen molar-refractivity contribution in [1.82, 2.24) is 0 Å². The largest absolute Gasteiger partial charge is 0.497 e. The van der Waals surface area contributed by atoms with E-state index in [0.29, 0.717) is 38.8 Å². The van der Waals surface area contributed by atoms with Gasteiger partial charge in [-0.3, -0.25) is 4.79 Å². The predicted octanol–water partition coefficient (Wildman–Crippen LogP) is 8.02. The van der Waals surface area contributed by atoms with Crippen molar-refractivity contribution in [1.29, 1.82) is 5.26 Å². The van der Waals surface area contributed by atoms with Crippen LogP contribution in [0.25, 0.3) is 11.1 Å². The third-order valence-corrected chi connectivity index (χ3v) is 11.7. The predicted molar refractivity (Wildman–Crippen MR) is 167 cm³/mol. The number of hydrogen-bond donors (Lipinski definition) is 0. The monoisotopic (exact) mass is 590 g/mol. The van der Waals surface area contributed by atoms with Crippen molar-refractivity contribution >= 4 is 11.6 Å². The highest BCUT2D eigenvalue weighted by Gasteiger charge is 2.69. The molecule has 3 aromatic rings. The van der Waals surface area contributed by atoms with Gasteiger partial charge in [0.1, 0.15) is 11.4 Å². The highest BCUT2D eigenvalue weighted by atomic mass is 19.1. The van der Waals surface area contributed by atoms with Crippen molar-refractivity contribution in [3.63, 3.8) is 0 Å². The summed E-state index contributed by atoms with van der Waals surface area (Å²) in [5.41, 5.74) is 3.45. The van der Waals surface area contributed by atoms with Crippen LogP contribution in [0.1, 0.15) is 75.3 Å². The summed E-state index contributed by atoms with van der Waals surface area (Å²) < 4.78 is 26.5.